The normalized spacial score (nSPS) is 12.4. The zero-order valence-corrected chi connectivity index (χ0v) is 12.6. The average Bonchev–Trinajstić information content (AvgIpc) is 2.36. The molecule has 0 aromatic carbocycles. The van der Waals surface area contributed by atoms with Gasteiger partial charge in [-0.3, -0.25) is 4.98 Å². The van der Waals surface area contributed by atoms with Crippen molar-refractivity contribution in [1.82, 2.24) is 15.0 Å². The number of hydrogen-bond acceptors (Lipinski definition) is 4. The van der Waals surface area contributed by atoms with Gasteiger partial charge in [-0.05, 0) is 45.4 Å². The first-order valence-corrected chi connectivity index (χ1v) is 7.03. The van der Waals surface area contributed by atoms with Gasteiger partial charge in [-0.2, -0.15) is 0 Å². The molecule has 1 unspecified atom stereocenters. The second kappa shape index (κ2) is 6.09. The second-order valence-corrected chi connectivity index (χ2v) is 5.34. The molecule has 2 heterocycles. The van der Waals surface area contributed by atoms with E-state index in [1.807, 2.05) is 39.0 Å². The van der Waals surface area contributed by atoms with Gasteiger partial charge in [0.2, 0.25) is 0 Å². The number of pyridine rings is 1. The first-order chi connectivity index (χ1) is 9.47. The van der Waals surface area contributed by atoms with Gasteiger partial charge in [0, 0.05) is 40.8 Å². The summed E-state index contributed by atoms with van der Waals surface area (Å²) in [5.41, 5.74) is 11.0. The van der Waals surface area contributed by atoms with Crippen LogP contribution in [0.1, 0.15) is 36.1 Å². The highest BCUT2D eigenvalue weighted by atomic mass is 14.9. The van der Waals surface area contributed by atoms with Crippen LogP contribution in [0.5, 0.6) is 0 Å². The highest BCUT2D eigenvalue weighted by Gasteiger charge is 2.09. The van der Waals surface area contributed by atoms with Crippen LogP contribution in [0.3, 0.4) is 0 Å². The Morgan fingerprint density at radius 1 is 0.950 bits per heavy atom. The molecule has 2 N–H and O–H groups in total. The van der Waals surface area contributed by atoms with Crippen LogP contribution in [0.4, 0.5) is 0 Å². The molecular formula is C16H22N4. The van der Waals surface area contributed by atoms with Crippen molar-refractivity contribution < 1.29 is 0 Å². The minimum Gasteiger partial charge on any atom is -0.327 e. The lowest BCUT2D eigenvalue weighted by Gasteiger charge is -2.10. The molecule has 0 fully saturated rings. The summed E-state index contributed by atoms with van der Waals surface area (Å²) in [5.74, 6) is 0.761. The fraction of sp³-hybridized carbons (Fsp3) is 0.438. The molecule has 0 aliphatic heterocycles. The van der Waals surface area contributed by atoms with E-state index in [4.69, 9.17) is 5.73 Å². The molecule has 1 atom stereocenters. The van der Waals surface area contributed by atoms with Crippen molar-refractivity contribution in [2.45, 2.75) is 46.6 Å². The summed E-state index contributed by atoms with van der Waals surface area (Å²) in [4.78, 5) is 13.6. The number of hydrogen-bond donors (Lipinski definition) is 1. The number of nitrogens with zero attached hydrogens (tertiary/aromatic N) is 3. The molecule has 0 amide bonds. The molecule has 20 heavy (non-hydrogen) atoms. The average molecular weight is 270 g/mol. The molecule has 4 nitrogen and oxygen atoms in total. The van der Waals surface area contributed by atoms with Gasteiger partial charge in [-0.1, -0.05) is 6.92 Å². The van der Waals surface area contributed by atoms with E-state index in [0.29, 0.717) is 0 Å². The Morgan fingerprint density at radius 3 is 2.15 bits per heavy atom. The lowest BCUT2D eigenvalue weighted by molar-refractivity contribution is 0.635. The lowest BCUT2D eigenvalue weighted by Crippen LogP contribution is -2.22. The Kier molecular flexibility index (Phi) is 4.45. The molecule has 0 aliphatic carbocycles. The number of rotatable bonds is 4. The van der Waals surface area contributed by atoms with Crippen LogP contribution in [0.25, 0.3) is 11.4 Å². The van der Waals surface area contributed by atoms with E-state index in [9.17, 15) is 0 Å². The SMILES string of the molecule is CCC(N)Cc1cc(C)nc(-c2cc(C)nc(C)c2)n1. The number of nitrogens with two attached hydrogens (primary N) is 1. The topological polar surface area (TPSA) is 64.7 Å². The van der Waals surface area contributed by atoms with Gasteiger partial charge in [0.05, 0.1) is 0 Å². The van der Waals surface area contributed by atoms with Crippen molar-refractivity contribution in [2.24, 2.45) is 5.73 Å². The molecule has 0 spiro atoms. The van der Waals surface area contributed by atoms with Crippen molar-refractivity contribution in [2.75, 3.05) is 0 Å². The van der Waals surface area contributed by atoms with Gasteiger partial charge in [-0.15, -0.1) is 0 Å². The van der Waals surface area contributed by atoms with Gasteiger partial charge in [0.15, 0.2) is 5.82 Å². The summed E-state index contributed by atoms with van der Waals surface area (Å²) in [6, 6.07) is 6.20. The molecule has 106 valence electrons. The number of aromatic nitrogens is 3. The Labute approximate surface area is 120 Å². The molecule has 4 heteroatoms. The first-order valence-electron chi connectivity index (χ1n) is 7.03. The van der Waals surface area contributed by atoms with Crippen LogP contribution in [0.15, 0.2) is 18.2 Å². The Morgan fingerprint density at radius 2 is 1.55 bits per heavy atom. The fourth-order valence-electron chi connectivity index (χ4n) is 2.24. The van der Waals surface area contributed by atoms with Crippen molar-refractivity contribution in [3.8, 4) is 11.4 Å². The quantitative estimate of drug-likeness (QED) is 0.927. The molecule has 0 saturated carbocycles. The predicted octanol–water partition coefficient (Wildman–Crippen LogP) is 2.74. The highest BCUT2D eigenvalue weighted by molar-refractivity contribution is 5.56. The zero-order chi connectivity index (χ0) is 14.7. The minimum atomic E-state index is 0.151. The van der Waals surface area contributed by atoms with Crippen LogP contribution in [0, 0.1) is 20.8 Å². The van der Waals surface area contributed by atoms with Gasteiger partial charge in [0.25, 0.3) is 0 Å². The van der Waals surface area contributed by atoms with Crippen LogP contribution < -0.4 is 5.73 Å². The van der Waals surface area contributed by atoms with Crippen LogP contribution in [0.2, 0.25) is 0 Å². The summed E-state index contributed by atoms with van der Waals surface area (Å²) >= 11 is 0. The van der Waals surface area contributed by atoms with Gasteiger partial charge < -0.3 is 5.73 Å². The van der Waals surface area contributed by atoms with E-state index in [1.165, 1.54) is 0 Å². The maximum atomic E-state index is 6.02. The molecule has 2 rings (SSSR count). The van der Waals surface area contributed by atoms with E-state index in [-0.39, 0.29) is 6.04 Å². The Hall–Kier alpha value is -1.81. The van der Waals surface area contributed by atoms with E-state index < -0.39 is 0 Å². The smallest absolute Gasteiger partial charge is 0.159 e. The number of aryl methyl sites for hydroxylation is 3. The van der Waals surface area contributed by atoms with Gasteiger partial charge in [-0.25, -0.2) is 9.97 Å². The van der Waals surface area contributed by atoms with Crippen molar-refractivity contribution >= 4 is 0 Å². The largest absolute Gasteiger partial charge is 0.327 e. The first kappa shape index (κ1) is 14.6. The molecule has 2 aromatic rings. The van der Waals surface area contributed by atoms with E-state index in [2.05, 4.69) is 21.9 Å². The van der Waals surface area contributed by atoms with Crippen LogP contribution in [-0.4, -0.2) is 21.0 Å². The summed E-state index contributed by atoms with van der Waals surface area (Å²) in [7, 11) is 0. The van der Waals surface area contributed by atoms with Crippen molar-refractivity contribution in [3.63, 3.8) is 0 Å². The predicted molar refractivity (Wildman–Crippen MR) is 81.4 cm³/mol. The third-order valence-electron chi connectivity index (χ3n) is 3.24. The molecule has 0 radical (unpaired) electrons. The van der Waals surface area contributed by atoms with Gasteiger partial charge >= 0.3 is 0 Å². The van der Waals surface area contributed by atoms with Crippen LogP contribution >= 0.6 is 0 Å². The Bertz CT molecular complexity index is 587. The van der Waals surface area contributed by atoms with E-state index >= 15 is 0 Å². The third kappa shape index (κ3) is 3.61. The summed E-state index contributed by atoms with van der Waals surface area (Å²) < 4.78 is 0. The summed E-state index contributed by atoms with van der Waals surface area (Å²) in [5, 5.41) is 0. The zero-order valence-electron chi connectivity index (χ0n) is 12.6. The Balaban J connectivity index is 2.41. The lowest BCUT2D eigenvalue weighted by atomic mass is 10.1. The third-order valence-corrected chi connectivity index (χ3v) is 3.24. The molecular weight excluding hydrogens is 248 g/mol. The monoisotopic (exact) mass is 270 g/mol. The molecule has 2 aromatic heterocycles. The van der Waals surface area contributed by atoms with E-state index in [0.717, 1.165) is 47.0 Å². The van der Waals surface area contributed by atoms with Crippen LogP contribution in [-0.2, 0) is 6.42 Å². The van der Waals surface area contributed by atoms with Gasteiger partial charge in [0.1, 0.15) is 0 Å². The molecule has 0 bridgehead atoms. The van der Waals surface area contributed by atoms with E-state index in [1.54, 1.807) is 0 Å². The van der Waals surface area contributed by atoms with Crippen molar-refractivity contribution in [3.05, 3.63) is 41.0 Å². The summed E-state index contributed by atoms with van der Waals surface area (Å²) in [6.45, 7) is 8.06. The molecule has 0 saturated heterocycles. The maximum Gasteiger partial charge on any atom is 0.159 e. The minimum absolute atomic E-state index is 0.151. The summed E-state index contributed by atoms with van der Waals surface area (Å²) in [6.07, 6.45) is 1.74. The standard InChI is InChI=1S/C16H22N4/c1-5-14(17)9-15-8-12(4)19-16(20-15)13-6-10(2)18-11(3)7-13/h6-8,14H,5,9,17H2,1-4H3. The second-order valence-electron chi connectivity index (χ2n) is 5.34. The maximum absolute atomic E-state index is 6.02. The molecule has 0 aliphatic rings. The van der Waals surface area contributed by atoms with Crippen molar-refractivity contribution in [1.29, 1.82) is 0 Å². The fourth-order valence-corrected chi connectivity index (χ4v) is 2.24. The highest BCUT2D eigenvalue weighted by Crippen LogP contribution is 2.18.